The summed E-state index contributed by atoms with van der Waals surface area (Å²) >= 11 is 0. The zero-order valence-electron chi connectivity index (χ0n) is 10.00. The lowest BCUT2D eigenvalue weighted by Gasteiger charge is -2.14. The third-order valence-electron chi connectivity index (χ3n) is 2.24. The summed E-state index contributed by atoms with van der Waals surface area (Å²) in [6, 6.07) is 6.77. The molecule has 1 unspecified atom stereocenters. The quantitative estimate of drug-likeness (QED) is 0.746. The number of carbonyl (C=O) groups excluding carboxylic acids is 1. The van der Waals surface area contributed by atoms with Crippen LogP contribution in [0.4, 0.5) is 0 Å². The summed E-state index contributed by atoms with van der Waals surface area (Å²) < 4.78 is 5.42. The predicted molar refractivity (Wildman–Crippen MR) is 67.0 cm³/mol. The molecule has 1 amide bonds. The zero-order chi connectivity index (χ0) is 13.5. The highest BCUT2D eigenvalue weighted by molar-refractivity contribution is 5.85. The third kappa shape index (κ3) is 4.29. The third-order valence-corrected chi connectivity index (χ3v) is 2.24. The van der Waals surface area contributed by atoms with Crippen LogP contribution in [0.15, 0.2) is 30.3 Å². The molecule has 0 saturated carbocycles. The second-order valence-electron chi connectivity index (χ2n) is 3.66. The van der Waals surface area contributed by atoms with Crippen LogP contribution in [0.5, 0.6) is 5.75 Å². The van der Waals surface area contributed by atoms with Crippen LogP contribution in [0.1, 0.15) is 18.9 Å². The zero-order valence-corrected chi connectivity index (χ0v) is 10.00. The van der Waals surface area contributed by atoms with E-state index in [9.17, 15) is 9.59 Å². The second-order valence-corrected chi connectivity index (χ2v) is 3.66. The van der Waals surface area contributed by atoms with Gasteiger partial charge in [-0.25, -0.2) is 4.79 Å². The maximum absolute atomic E-state index is 11.0. The highest BCUT2D eigenvalue weighted by Crippen LogP contribution is 2.16. The summed E-state index contributed by atoms with van der Waals surface area (Å²) in [6.07, 6.45) is 2.28. The Morgan fingerprint density at radius 3 is 2.78 bits per heavy atom. The number of ether oxygens (including phenoxy) is 1. The van der Waals surface area contributed by atoms with E-state index in [0.717, 1.165) is 6.08 Å². The minimum atomic E-state index is -1.02. The first-order valence-corrected chi connectivity index (χ1v) is 5.50. The summed E-state index contributed by atoms with van der Waals surface area (Å²) in [4.78, 5) is 21.4. The van der Waals surface area contributed by atoms with E-state index in [0.29, 0.717) is 17.7 Å². The van der Waals surface area contributed by atoms with Crippen molar-refractivity contribution >= 4 is 18.0 Å². The Hall–Kier alpha value is -2.30. The van der Waals surface area contributed by atoms with Gasteiger partial charge in [0.2, 0.25) is 0 Å². The van der Waals surface area contributed by atoms with Gasteiger partial charge in [-0.2, -0.15) is 0 Å². The lowest BCUT2D eigenvalue weighted by atomic mass is 10.2. The van der Waals surface area contributed by atoms with E-state index in [1.807, 2.05) is 0 Å². The molecular weight excluding hydrogens is 234 g/mol. The fraction of sp³-hybridized carbons (Fsp3) is 0.231. The molecule has 0 heterocycles. The van der Waals surface area contributed by atoms with Crippen LogP contribution >= 0.6 is 0 Å². The largest absolute Gasteiger partial charge is 0.481 e. The van der Waals surface area contributed by atoms with Gasteiger partial charge in [-0.15, -0.1) is 0 Å². The van der Waals surface area contributed by atoms with Crippen molar-refractivity contribution in [3.63, 3.8) is 0 Å². The monoisotopic (exact) mass is 249 g/mol. The normalized spacial score (nSPS) is 12.3. The lowest BCUT2D eigenvalue weighted by molar-refractivity contribution is -0.131. The van der Waals surface area contributed by atoms with E-state index >= 15 is 0 Å². The molecule has 3 N–H and O–H groups in total. The van der Waals surface area contributed by atoms with Crippen LogP contribution in [-0.4, -0.2) is 23.1 Å². The fourth-order valence-electron chi connectivity index (χ4n) is 1.37. The summed E-state index contributed by atoms with van der Waals surface area (Å²) in [5.41, 5.74) is 5.85. The first kappa shape index (κ1) is 13.8. The summed E-state index contributed by atoms with van der Waals surface area (Å²) in [5.74, 6) is -1.07. The minimum absolute atomic E-state index is 0.477. The van der Waals surface area contributed by atoms with Crippen LogP contribution < -0.4 is 10.5 Å². The number of rotatable bonds is 6. The molecule has 1 aromatic carbocycles. The van der Waals surface area contributed by atoms with Gasteiger partial charge in [-0.05, 0) is 30.2 Å². The fourth-order valence-corrected chi connectivity index (χ4v) is 1.37. The summed E-state index contributed by atoms with van der Waals surface area (Å²) in [6.45, 7) is 1.80. The molecule has 96 valence electrons. The molecule has 1 atom stereocenters. The average molecular weight is 249 g/mol. The second kappa shape index (κ2) is 6.44. The molecule has 0 bridgehead atoms. The Labute approximate surface area is 105 Å². The van der Waals surface area contributed by atoms with Gasteiger partial charge in [0.1, 0.15) is 5.75 Å². The van der Waals surface area contributed by atoms with Crippen molar-refractivity contribution in [2.24, 2.45) is 5.73 Å². The summed E-state index contributed by atoms with van der Waals surface area (Å²) in [5, 5.41) is 8.52. The van der Waals surface area contributed by atoms with Crippen molar-refractivity contribution in [2.45, 2.75) is 19.4 Å². The summed E-state index contributed by atoms with van der Waals surface area (Å²) in [7, 11) is 0. The number of carboxylic acids is 1. The highest BCUT2D eigenvalue weighted by Gasteiger charge is 2.14. The van der Waals surface area contributed by atoms with Crippen molar-refractivity contribution in [1.29, 1.82) is 0 Å². The molecule has 18 heavy (non-hydrogen) atoms. The van der Waals surface area contributed by atoms with Gasteiger partial charge in [0, 0.05) is 6.08 Å². The number of nitrogens with two attached hydrogens (primary N) is 1. The molecule has 0 saturated heterocycles. The van der Waals surface area contributed by atoms with Gasteiger partial charge >= 0.3 is 5.97 Å². The number of amides is 1. The Morgan fingerprint density at radius 1 is 1.50 bits per heavy atom. The molecule has 5 nitrogen and oxygen atoms in total. The van der Waals surface area contributed by atoms with Gasteiger partial charge in [-0.3, -0.25) is 4.79 Å². The van der Waals surface area contributed by atoms with Crippen molar-refractivity contribution in [1.82, 2.24) is 0 Å². The van der Waals surface area contributed by atoms with Crippen LogP contribution in [0, 0.1) is 0 Å². The van der Waals surface area contributed by atoms with Gasteiger partial charge in [-0.1, -0.05) is 19.1 Å². The van der Waals surface area contributed by atoms with Crippen molar-refractivity contribution < 1.29 is 19.4 Å². The smallest absolute Gasteiger partial charge is 0.328 e. The Balaban J connectivity index is 2.82. The van der Waals surface area contributed by atoms with Crippen molar-refractivity contribution in [2.75, 3.05) is 0 Å². The standard InChI is InChI=1S/C13H15NO4/c1-2-11(13(14)17)18-10-5-3-4-9(8-10)6-7-12(15)16/h3-8,11H,2H2,1H3,(H2,14,17)(H,15,16). The minimum Gasteiger partial charge on any atom is -0.481 e. The van der Waals surface area contributed by atoms with E-state index in [-0.39, 0.29) is 0 Å². The maximum atomic E-state index is 11.0. The molecule has 0 aromatic heterocycles. The molecule has 0 aliphatic heterocycles. The molecule has 0 fully saturated rings. The first-order chi connectivity index (χ1) is 8.52. The van der Waals surface area contributed by atoms with Gasteiger partial charge in [0.15, 0.2) is 6.10 Å². The number of benzene rings is 1. The number of hydrogen-bond acceptors (Lipinski definition) is 3. The Kier molecular flexibility index (Phi) is 4.92. The van der Waals surface area contributed by atoms with Crippen LogP contribution in [0.2, 0.25) is 0 Å². The van der Waals surface area contributed by atoms with E-state index in [2.05, 4.69) is 0 Å². The number of carbonyl (C=O) groups is 2. The van der Waals surface area contributed by atoms with E-state index < -0.39 is 18.0 Å². The maximum Gasteiger partial charge on any atom is 0.328 e. The van der Waals surface area contributed by atoms with Crippen LogP contribution in [0.3, 0.4) is 0 Å². The molecule has 0 spiro atoms. The lowest BCUT2D eigenvalue weighted by Crippen LogP contribution is -2.32. The molecule has 5 heteroatoms. The topological polar surface area (TPSA) is 89.6 Å². The van der Waals surface area contributed by atoms with Gasteiger partial charge < -0.3 is 15.6 Å². The van der Waals surface area contributed by atoms with E-state index in [4.69, 9.17) is 15.6 Å². The Bertz CT molecular complexity index is 468. The van der Waals surface area contributed by atoms with E-state index in [1.165, 1.54) is 6.08 Å². The van der Waals surface area contributed by atoms with Crippen molar-refractivity contribution in [3.05, 3.63) is 35.9 Å². The molecule has 1 aromatic rings. The number of primary amides is 1. The molecule has 0 aliphatic rings. The van der Waals surface area contributed by atoms with Crippen LogP contribution in [-0.2, 0) is 9.59 Å². The number of carboxylic acid groups (broad SMARTS) is 1. The first-order valence-electron chi connectivity index (χ1n) is 5.50. The average Bonchev–Trinajstić information content (AvgIpc) is 2.33. The van der Waals surface area contributed by atoms with E-state index in [1.54, 1.807) is 31.2 Å². The molecule has 1 rings (SSSR count). The number of hydrogen-bond donors (Lipinski definition) is 2. The number of aliphatic carboxylic acids is 1. The Morgan fingerprint density at radius 2 is 2.22 bits per heavy atom. The molecule has 0 aliphatic carbocycles. The molecular formula is C13H15NO4. The SMILES string of the molecule is CCC(Oc1cccc(C=CC(=O)O)c1)C(N)=O. The van der Waals surface area contributed by atoms with Crippen molar-refractivity contribution in [3.8, 4) is 5.75 Å². The predicted octanol–water partition coefficient (Wildman–Crippen LogP) is 1.43. The van der Waals surface area contributed by atoms with Gasteiger partial charge in [0.25, 0.3) is 5.91 Å². The van der Waals surface area contributed by atoms with Crippen LogP contribution in [0.25, 0.3) is 6.08 Å². The highest BCUT2D eigenvalue weighted by atomic mass is 16.5. The molecule has 0 radical (unpaired) electrons. The van der Waals surface area contributed by atoms with Gasteiger partial charge in [0.05, 0.1) is 0 Å².